The average molecular weight is 801 g/mol. The van der Waals surface area contributed by atoms with Gasteiger partial charge >= 0.3 is 0 Å². The summed E-state index contributed by atoms with van der Waals surface area (Å²) >= 11 is 0. The van der Waals surface area contributed by atoms with Crippen LogP contribution in [0.1, 0.15) is 0 Å². The summed E-state index contributed by atoms with van der Waals surface area (Å²) in [6, 6.07) is 91.2. The smallest absolute Gasteiger partial charge is 0.252 e. The molecule has 294 valence electrons. The molecule has 2 aliphatic heterocycles. The van der Waals surface area contributed by atoms with Crippen LogP contribution in [0.15, 0.2) is 249 Å². The third-order valence-electron chi connectivity index (χ3n) is 12.8. The standard InChI is InChI=1S/C60H41BN2/c1-7-21-42(22-8-1)44-35-37-50(38-36-44)62-54-34-20-19-33-52(54)61-53-41-51(45-25-11-3-12-26-45)57(46-27-13-4-14-28-46)58(47-29-15-5-16-30-47)60(53)63(49-31-17-6-18-32-49)56-40-48(39-55(62)59(56)61)43-23-9-2-10-24-43/h1-41H. The van der Waals surface area contributed by atoms with Gasteiger partial charge in [0, 0.05) is 39.7 Å². The molecular formula is C60H41BN2. The highest BCUT2D eigenvalue weighted by atomic mass is 15.2. The summed E-state index contributed by atoms with van der Waals surface area (Å²) in [6.07, 6.45) is 0. The van der Waals surface area contributed by atoms with Crippen molar-refractivity contribution in [1.82, 2.24) is 0 Å². The van der Waals surface area contributed by atoms with Crippen molar-refractivity contribution in [3.05, 3.63) is 249 Å². The monoisotopic (exact) mass is 800 g/mol. The summed E-state index contributed by atoms with van der Waals surface area (Å²) in [5.74, 6) is 0. The molecule has 0 amide bonds. The van der Waals surface area contributed by atoms with E-state index in [2.05, 4.69) is 259 Å². The number of rotatable bonds is 7. The van der Waals surface area contributed by atoms with Crippen molar-refractivity contribution in [3.63, 3.8) is 0 Å². The Balaban J connectivity index is 1.23. The Bertz CT molecular complexity index is 3250. The fraction of sp³-hybridized carbons (Fsp3) is 0. The topological polar surface area (TPSA) is 6.48 Å². The van der Waals surface area contributed by atoms with Crippen LogP contribution in [0.5, 0.6) is 0 Å². The van der Waals surface area contributed by atoms with Crippen LogP contribution < -0.4 is 26.2 Å². The lowest BCUT2D eigenvalue weighted by Gasteiger charge is -2.45. The maximum Gasteiger partial charge on any atom is 0.252 e. The van der Waals surface area contributed by atoms with Gasteiger partial charge in [-0.2, -0.15) is 0 Å². The molecule has 0 saturated carbocycles. The number of benzene rings is 10. The molecule has 12 rings (SSSR count). The lowest BCUT2D eigenvalue weighted by atomic mass is 9.33. The van der Waals surface area contributed by atoms with Crippen molar-refractivity contribution in [2.75, 3.05) is 9.80 Å². The molecule has 0 fully saturated rings. The van der Waals surface area contributed by atoms with E-state index in [0.29, 0.717) is 0 Å². The molecule has 0 atom stereocenters. The van der Waals surface area contributed by atoms with Gasteiger partial charge in [0.05, 0.1) is 0 Å². The van der Waals surface area contributed by atoms with Gasteiger partial charge in [-0.15, -0.1) is 0 Å². The fourth-order valence-electron chi connectivity index (χ4n) is 10.1. The Morgan fingerprint density at radius 3 is 1.29 bits per heavy atom. The SMILES string of the molecule is c1ccc(-c2ccc(N3c4ccccc4B4c5cc(-c6ccccc6)c(-c6ccccc6)c(-c6ccccc6)c5N(c5ccccc5)c5cc(-c6ccccc6)cc3c54)cc2)cc1. The molecular weight excluding hydrogens is 759 g/mol. The van der Waals surface area contributed by atoms with Gasteiger partial charge in [-0.25, -0.2) is 0 Å². The Hall–Kier alpha value is -8.14. The first kappa shape index (κ1) is 36.7. The Labute approximate surface area is 369 Å². The first-order chi connectivity index (χ1) is 31.3. The van der Waals surface area contributed by atoms with Gasteiger partial charge in [-0.1, -0.05) is 206 Å². The number of fused-ring (bicyclic) bond motifs is 4. The minimum atomic E-state index is -0.0689. The average Bonchev–Trinajstić information content (AvgIpc) is 3.37. The van der Waals surface area contributed by atoms with Gasteiger partial charge in [0.15, 0.2) is 0 Å². The van der Waals surface area contributed by atoms with Crippen LogP contribution in [0.2, 0.25) is 0 Å². The molecule has 2 aliphatic rings. The Morgan fingerprint density at radius 1 is 0.270 bits per heavy atom. The van der Waals surface area contributed by atoms with Crippen molar-refractivity contribution in [2.45, 2.75) is 0 Å². The van der Waals surface area contributed by atoms with Crippen molar-refractivity contribution >= 4 is 57.2 Å². The van der Waals surface area contributed by atoms with Crippen molar-refractivity contribution < 1.29 is 0 Å². The van der Waals surface area contributed by atoms with Gasteiger partial charge in [0.1, 0.15) is 0 Å². The largest absolute Gasteiger partial charge is 0.311 e. The third-order valence-corrected chi connectivity index (χ3v) is 12.8. The summed E-state index contributed by atoms with van der Waals surface area (Å²) in [5, 5.41) is 0. The van der Waals surface area contributed by atoms with Crippen LogP contribution in [-0.4, -0.2) is 6.71 Å². The first-order valence-corrected chi connectivity index (χ1v) is 21.8. The van der Waals surface area contributed by atoms with Crippen LogP contribution in [0.4, 0.5) is 34.1 Å². The van der Waals surface area contributed by atoms with E-state index in [1.54, 1.807) is 0 Å². The normalized spacial score (nSPS) is 12.3. The number of nitrogens with zero attached hydrogens (tertiary/aromatic N) is 2. The van der Waals surface area contributed by atoms with Crippen LogP contribution in [0, 0.1) is 0 Å². The Morgan fingerprint density at radius 2 is 0.698 bits per heavy atom. The second-order valence-corrected chi connectivity index (χ2v) is 16.4. The van der Waals surface area contributed by atoms with E-state index in [1.807, 2.05) is 0 Å². The van der Waals surface area contributed by atoms with Crippen molar-refractivity contribution in [1.29, 1.82) is 0 Å². The number of hydrogen-bond donors (Lipinski definition) is 0. The van der Waals surface area contributed by atoms with Gasteiger partial charge < -0.3 is 9.80 Å². The highest BCUT2D eigenvalue weighted by molar-refractivity contribution is 7.00. The molecule has 10 aromatic carbocycles. The third kappa shape index (κ3) is 6.20. The van der Waals surface area contributed by atoms with E-state index < -0.39 is 0 Å². The van der Waals surface area contributed by atoms with E-state index in [-0.39, 0.29) is 6.71 Å². The zero-order valence-corrected chi connectivity index (χ0v) is 34.6. The van der Waals surface area contributed by atoms with E-state index >= 15 is 0 Å². The fourth-order valence-corrected chi connectivity index (χ4v) is 10.1. The van der Waals surface area contributed by atoms with Crippen LogP contribution >= 0.6 is 0 Å². The zero-order valence-electron chi connectivity index (χ0n) is 34.6. The van der Waals surface area contributed by atoms with Crippen LogP contribution in [0.25, 0.3) is 55.6 Å². The molecule has 0 unspecified atom stereocenters. The molecule has 3 heteroatoms. The lowest BCUT2D eigenvalue weighted by Crippen LogP contribution is -2.61. The highest BCUT2D eigenvalue weighted by Gasteiger charge is 2.45. The van der Waals surface area contributed by atoms with E-state index in [0.717, 1.165) is 11.4 Å². The second kappa shape index (κ2) is 15.4. The predicted octanol–water partition coefficient (Wildman–Crippen LogP) is 14.1. The molecule has 0 N–H and O–H groups in total. The summed E-state index contributed by atoms with van der Waals surface area (Å²) in [4.78, 5) is 5.08. The molecule has 0 saturated heterocycles. The lowest BCUT2D eigenvalue weighted by molar-refractivity contribution is 1.25. The van der Waals surface area contributed by atoms with Gasteiger partial charge in [-0.3, -0.25) is 0 Å². The summed E-state index contributed by atoms with van der Waals surface area (Å²) < 4.78 is 0. The van der Waals surface area contributed by atoms with Crippen LogP contribution in [-0.2, 0) is 0 Å². The maximum absolute atomic E-state index is 2.57. The van der Waals surface area contributed by atoms with Gasteiger partial charge in [0.25, 0.3) is 6.71 Å². The molecule has 2 nitrogen and oxygen atoms in total. The van der Waals surface area contributed by atoms with E-state index in [9.17, 15) is 0 Å². The maximum atomic E-state index is 2.57. The first-order valence-electron chi connectivity index (χ1n) is 21.8. The zero-order chi connectivity index (χ0) is 41.7. The molecule has 0 spiro atoms. The molecule has 0 bridgehead atoms. The molecule has 0 radical (unpaired) electrons. The van der Waals surface area contributed by atoms with Crippen molar-refractivity contribution in [3.8, 4) is 55.6 Å². The van der Waals surface area contributed by atoms with E-state index in [1.165, 1.54) is 94.8 Å². The minimum absolute atomic E-state index is 0.0689. The molecule has 10 aromatic rings. The van der Waals surface area contributed by atoms with Gasteiger partial charge in [0.2, 0.25) is 0 Å². The molecule has 63 heavy (non-hydrogen) atoms. The van der Waals surface area contributed by atoms with Crippen LogP contribution in [0.3, 0.4) is 0 Å². The number of hydrogen-bond acceptors (Lipinski definition) is 2. The Kier molecular flexibility index (Phi) is 8.97. The predicted molar refractivity (Wildman–Crippen MR) is 268 cm³/mol. The number of para-hydroxylation sites is 2. The molecule has 2 heterocycles. The molecule has 0 aromatic heterocycles. The quantitative estimate of drug-likeness (QED) is 0.148. The van der Waals surface area contributed by atoms with E-state index in [4.69, 9.17) is 0 Å². The summed E-state index contributed by atoms with van der Waals surface area (Å²) in [7, 11) is 0. The van der Waals surface area contributed by atoms with Gasteiger partial charge in [-0.05, 0) is 109 Å². The summed E-state index contributed by atoms with van der Waals surface area (Å²) in [5.41, 5.74) is 22.8. The highest BCUT2D eigenvalue weighted by Crippen LogP contribution is 2.52. The minimum Gasteiger partial charge on any atom is -0.311 e. The molecule has 0 aliphatic carbocycles. The second-order valence-electron chi connectivity index (χ2n) is 16.4. The van der Waals surface area contributed by atoms with Crippen molar-refractivity contribution in [2.24, 2.45) is 0 Å². The number of anilines is 6. The summed E-state index contributed by atoms with van der Waals surface area (Å²) in [6.45, 7) is -0.0689.